The maximum absolute atomic E-state index is 9.49. The first-order chi connectivity index (χ1) is 8.71. The van der Waals surface area contributed by atoms with Crippen molar-refractivity contribution in [3.8, 4) is 0 Å². The summed E-state index contributed by atoms with van der Waals surface area (Å²) in [5.74, 6) is 0. The Hall–Kier alpha value is -0.200. The first-order valence-electron chi connectivity index (χ1n) is 6.87. The van der Waals surface area contributed by atoms with Gasteiger partial charge in [0.15, 0.2) is 0 Å². The average molecular weight is 280 g/mol. The standard InChI is InChI=1S/C9H22NO2.C5H12O2/c1-8(2)10(3,4)6-9(11)7-12-5;1-3-5(6)4-7-2/h8-9,11H,6-7H2,1-5H3;5-6H,3-4H2,1-2H3/q+1;. The van der Waals surface area contributed by atoms with E-state index in [9.17, 15) is 5.11 Å². The van der Waals surface area contributed by atoms with Gasteiger partial charge in [0.05, 0.1) is 39.5 Å². The lowest BCUT2D eigenvalue weighted by Gasteiger charge is -2.35. The zero-order valence-electron chi connectivity index (χ0n) is 13.7. The Morgan fingerprint density at radius 1 is 0.947 bits per heavy atom. The lowest BCUT2D eigenvalue weighted by molar-refractivity contribution is -0.914. The summed E-state index contributed by atoms with van der Waals surface area (Å²) in [6.45, 7) is 7.85. The number of hydrogen-bond acceptors (Lipinski definition) is 4. The highest BCUT2D eigenvalue weighted by atomic mass is 16.5. The number of aliphatic hydroxyl groups is 2. The maximum atomic E-state index is 9.49. The van der Waals surface area contributed by atoms with E-state index in [1.54, 1.807) is 14.2 Å². The van der Waals surface area contributed by atoms with Crippen LogP contribution in [0.1, 0.15) is 27.2 Å². The largest absolute Gasteiger partial charge is 0.391 e. The third-order valence-electron chi connectivity index (χ3n) is 3.27. The van der Waals surface area contributed by atoms with E-state index in [2.05, 4.69) is 32.7 Å². The fourth-order valence-corrected chi connectivity index (χ4v) is 1.31. The number of rotatable bonds is 8. The zero-order chi connectivity index (χ0) is 15.5. The summed E-state index contributed by atoms with van der Waals surface area (Å²) >= 11 is 0. The van der Waals surface area contributed by atoms with Crippen molar-refractivity contribution in [1.82, 2.24) is 0 Å². The summed E-state index contributed by atoms with van der Waals surface area (Å²) in [7, 11) is 7.42. The van der Waals surface area contributed by atoms with Crippen LogP contribution in [-0.4, -0.2) is 81.0 Å². The quantitative estimate of drug-likeness (QED) is 0.648. The van der Waals surface area contributed by atoms with Gasteiger partial charge in [-0.25, -0.2) is 0 Å². The first kappa shape index (κ1) is 21.1. The van der Waals surface area contributed by atoms with Crippen molar-refractivity contribution in [3.63, 3.8) is 0 Å². The molecule has 5 nitrogen and oxygen atoms in total. The van der Waals surface area contributed by atoms with Gasteiger partial charge in [0, 0.05) is 14.2 Å². The van der Waals surface area contributed by atoms with Crippen LogP contribution in [-0.2, 0) is 9.47 Å². The van der Waals surface area contributed by atoms with Gasteiger partial charge in [0.25, 0.3) is 0 Å². The molecule has 2 atom stereocenters. The monoisotopic (exact) mass is 280 g/mol. The first-order valence-corrected chi connectivity index (χ1v) is 6.87. The predicted molar refractivity (Wildman–Crippen MR) is 78.2 cm³/mol. The highest BCUT2D eigenvalue weighted by Gasteiger charge is 2.23. The van der Waals surface area contributed by atoms with Crippen molar-refractivity contribution in [1.29, 1.82) is 0 Å². The van der Waals surface area contributed by atoms with Crippen LogP contribution in [0.4, 0.5) is 0 Å². The predicted octanol–water partition coefficient (Wildman–Crippen LogP) is 0.882. The molecule has 0 aromatic carbocycles. The molecular weight excluding hydrogens is 246 g/mol. The molecule has 0 aliphatic heterocycles. The van der Waals surface area contributed by atoms with Crippen LogP contribution in [0.15, 0.2) is 0 Å². The Morgan fingerprint density at radius 3 is 1.63 bits per heavy atom. The summed E-state index contributed by atoms with van der Waals surface area (Å²) in [6, 6.07) is 0.525. The van der Waals surface area contributed by atoms with Gasteiger partial charge in [0.2, 0.25) is 0 Å². The molecule has 0 amide bonds. The Kier molecular flexibility index (Phi) is 12.9. The summed E-state index contributed by atoms with van der Waals surface area (Å²) in [6.07, 6.45) is 0.144. The molecule has 0 saturated heterocycles. The third-order valence-corrected chi connectivity index (χ3v) is 3.27. The number of hydrogen-bond donors (Lipinski definition) is 2. The average Bonchev–Trinajstić information content (AvgIpc) is 2.29. The van der Waals surface area contributed by atoms with Crippen molar-refractivity contribution in [2.45, 2.75) is 45.4 Å². The van der Waals surface area contributed by atoms with Crippen LogP contribution >= 0.6 is 0 Å². The van der Waals surface area contributed by atoms with Gasteiger partial charge in [-0.05, 0) is 20.3 Å². The van der Waals surface area contributed by atoms with E-state index in [1.807, 2.05) is 6.92 Å². The molecule has 0 radical (unpaired) electrons. The van der Waals surface area contributed by atoms with Gasteiger partial charge < -0.3 is 24.2 Å². The van der Waals surface area contributed by atoms with Crippen molar-refractivity contribution in [2.24, 2.45) is 0 Å². The number of quaternary nitrogens is 1. The van der Waals surface area contributed by atoms with Crippen molar-refractivity contribution in [3.05, 3.63) is 0 Å². The highest BCUT2D eigenvalue weighted by molar-refractivity contribution is 4.53. The van der Waals surface area contributed by atoms with Gasteiger partial charge in [-0.2, -0.15) is 0 Å². The number of nitrogens with zero attached hydrogens (tertiary/aromatic N) is 1. The number of methoxy groups -OCH3 is 2. The second kappa shape index (κ2) is 11.6. The minimum absolute atomic E-state index is 0.273. The highest BCUT2D eigenvalue weighted by Crippen LogP contribution is 2.06. The zero-order valence-corrected chi connectivity index (χ0v) is 13.7. The molecule has 118 valence electrons. The van der Waals surface area contributed by atoms with E-state index in [4.69, 9.17) is 9.84 Å². The molecule has 0 bridgehead atoms. The molecule has 0 aliphatic carbocycles. The Morgan fingerprint density at radius 2 is 1.37 bits per heavy atom. The van der Waals surface area contributed by atoms with Crippen LogP contribution in [0, 0.1) is 0 Å². The van der Waals surface area contributed by atoms with Gasteiger partial charge >= 0.3 is 0 Å². The molecule has 19 heavy (non-hydrogen) atoms. The fraction of sp³-hybridized carbons (Fsp3) is 1.00. The van der Waals surface area contributed by atoms with Crippen molar-refractivity contribution >= 4 is 0 Å². The molecule has 0 saturated carbocycles. The second-order valence-electron chi connectivity index (χ2n) is 5.68. The molecular formula is C14H34NO4+. The Balaban J connectivity index is 0. The summed E-state index contributed by atoms with van der Waals surface area (Å²) in [5, 5.41) is 18.2. The van der Waals surface area contributed by atoms with Crippen LogP contribution in [0.25, 0.3) is 0 Å². The minimum Gasteiger partial charge on any atom is -0.391 e. The van der Waals surface area contributed by atoms with Crippen LogP contribution in [0.5, 0.6) is 0 Å². The van der Waals surface area contributed by atoms with Gasteiger partial charge in [-0.15, -0.1) is 0 Å². The van der Waals surface area contributed by atoms with E-state index in [0.717, 1.165) is 17.4 Å². The number of ether oxygens (including phenoxy) is 2. The van der Waals surface area contributed by atoms with E-state index < -0.39 is 0 Å². The van der Waals surface area contributed by atoms with Crippen molar-refractivity contribution < 1.29 is 24.2 Å². The van der Waals surface area contributed by atoms with E-state index in [1.165, 1.54) is 0 Å². The minimum atomic E-state index is -0.354. The van der Waals surface area contributed by atoms with E-state index >= 15 is 0 Å². The Bertz CT molecular complexity index is 198. The molecule has 2 unspecified atom stereocenters. The molecule has 0 heterocycles. The third kappa shape index (κ3) is 12.6. The molecule has 0 aliphatic rings. The summed E-state index contributed by atoms with van der Waals surface area (Å²) < 4.78 is 10.3. The topological polar surface area (TPSA) is 58.9 Å². The molecule has 2 N–H and O–H groups in total. The van der Waals surface area contributed by atoms with E-state index in [-0.39, 0.29) is 12.2 Å². The maximum Gasteiger partial charge on any atom is 0.126 e. The number of likely N-dealkylation sites (N-methyl/N-ethyl adjacent to an activating group) is 1. The Labute approximate surface area is 118 Å². The van der Waals surface area contributed by atoms with Crippen LogP contribution in [0.2, 0.25) is 0 Å². The molecule has 0 spiro atoms. The molecule has 0 rings (SSSR count). The van der Waals surface area contributed by atoms with Gasteiger partial charge in [-0.3, -0.25) is 0 Å². The molecule has 0 fully saturated rings. The van der Waals surface area contributed by atoms with E-state index in [0.29, 0.717) is 19.3 Å². The summed E-state index contributed by atoms with van der Waals surface area (Å²) in [4.78, 5) is 0. The SMILES string of the molecule is CCC(O)COC.COCC(O)C[N+](C)(C)C(C)C. The lowest BCUT2D eigenvalue weighted by Crippen LogP contribution is -2.51. The molecule has 0 aromatic heterocycles. The second-order valence-corrected chi connectivity index (χ2v) is 5.68. The smallest absolute Gasteiger partial charge is 0.126 e. The van der Waals surface area contributed by atoms with Crippen LogP contribution < -0.4 is 0 Å². The normalized spacial score (nSPS) is 14.8. The van der Waals surface area contributed by atoms with Gasteiger partial charge in [-0.1, -0.05) is 6.92 Å². The van der Waals surface area contributed by atoms with Crippen LogP contribution in [0.3, 0.4) is 0 Å². The number of aliphatic hydroxyl groups excluding tert-OH is 2. The lowest BCUT2D eigenvalue weighted by atomic mass is 10.2. The molecule has 5 heteroatoms. The van der Waals surface area contributed by atoms with Gasteiger partial charge in [0.1, 0.15) is 12.6 Å². The van der Waals surface area contributed by atoms with Crippen molar-refractivity contribution in [2.75, 3.05) is 48.1 Å². The summed E-state index contributed by atoms with van der Waals surface area (Å²) in [5.41, 5.74) is 0. The fourth-order valence-electron chi connectivity index (χ4n) is 1.31. The molecule has 0 aromatic rings.